The number of benzene rings is 1. The summed E-state index contributed by atoms with van der Waals surface area (Å²) in [5.41, 5.74) is 2.19. The fourth-order valence-electron chi connectivity index (χ4n) is 1.77. The lowest BCUT2D eigenvalue weighted by molar-refractivity contribution is 0.421. The summed E-state index contributed by atoms with van der Waals surface area (Å²) in [5.74, 6) is 0.732. The van der Waals surface area contributed by atoms with E-state index in [-0.39, 0.29) is 0 Å². The van der Waals surface area contributed by atoms with Crippen LogP contribution in [0.25, 0.3) is 11.8 Å². The van der Waals surface area contributed by atoms with Crippen molar-refractivity contribution in [3.05, 3.63) is 41.9 Å². The van der Waals surface area contributed by atoms with Crippen LogP contribution in [-0.4, -0.2) is 38.2 Å². The molecule has 0 unspecified atom stereocenters. The Morgan fingerprint density at radius 1 is 1.16 bits per heavy atom. The molecule has 0 spiro atoms. The number of nitrogens with zero attached hydrogens (tertiary/aromatic N) is 5. The first-order chi connectivity index (χ1) is 9.24. The van der Waals surface area contributed by atoms with E-state index in [1.54, 1.807) is 4.68 Å². The van der Waals surface area contributed by atoms with Crippen molar-refractivity contribution in [1.29, 1.82) is 0 Å². The van der Waals surface area contributed by atoms with E-state index in [1.807, 2.05) is 24.4 Å². The Morgan fingerprint density at radius 3 is 2.47 bits per heavy atom. The molecule has 5 heteroatoms. The third kappa shape index (κ3) is 3.19. The molecule has 0 fully saturated rings. The Labute approximate surface area is 113 Å². The van der Waals surface area contributed by atoms with Crippen LogP contribution in [0.15, 0.2) is 30.5 Å². The van der Waals surface area contributed by atoms with E-state index in [4.69, 9.17) is 0 Å². The van der Waals surface area contributed by atoms with Gasteiger partial charge in [-0.15, -0.1) is 5.10 Å². The van der Waals surface area contributed by atoms with E-state index in [2.05, 4.69) is 53.3 Å². The monoisotopic (exact) mass is 257 g/mol. The van der Waals surface area contributed by atoms with Gasteiger partial charge in [-0.2, -0.15) is 4.68 Å². The molecule has 5 nitrogen and oxygen atoms in total. The molecule has 0 radical (unpaired) electrons. The topological polar surface area (TPSA) is 46.8 Å². The third-order valence-corrected chi connectivity index (χ3v) is 3.02. The summed E-state index contributed by atoms with van der Waals surface area (Å²) < 4.78 is 1.74. The fraction of sp³-hybridized carbons (Fsp3) is 0.357. The maximum atomic E-state index is 4.04. The molecule has 0 aliphatic heterocycles. The van der Waals surface area contributed by atoms with Crippen LogP contribution in [0, 0.1) is 6.92 Å². The Kier molecular flexibility index (Phi) is 4.28. The van der Waals surface area contributed by atoms with Gasteiger partial charge in [-0.3, -0.25) is 0 Å². The molecule has 1 aromatic heterocycles. The predicted octanol–water partition coefficient (Wildman–Crippen LogP) is 2.28. The van der Waals surface area contributed by atoms with Crippen LogP contribution in [0.4, 0.5) is 0 Å². The average molecular weight is 257 g/mol. The highest BCUT2D eigenvalue weighted by Gasteiger charge is 2.05. The highest BCUT2D eigenvalue weighted by molar-refractivity contribution is 5.44. The van der Waals surface area contributed by atoms with Gasteiger partial charge in [0.15, 0.2) is 5.82 Å². The van der Waals surface area contributed by atoms with Crippen molar-refractivity contribution in [2.24, 2.45) is 0 Å². The van der Waals surface area contributed by atoms with Gasteiger partial charge in [0.25, 0.3) is 0 Å². The molecular weight excluding hydrogens is 238 g/mol. The van der Waals surface area contributed by atoms with E-state index in [1.165, 1.54) is 5.56 Å². The predicted molar refractivity (Wildman–Crippen MR) is 75.8 cm³/mol. The highest BCUT2D eigenvalue weighted by Crippen LogP contribution is 2.10. The minimum absolute atomic E-state index is 0.732. The second-order valence-electron chi connectivity index (χ2n) is 4.32. The standard InChI is InChI=1S/C14H19N5/c1-4-18(5-2)11-10-14-15-16-17-19(14)13-8-6-12(3)7-9-13/h6-11H,4-5H2,1-3H3. The van der Waals surface area contributed by atoms with Gasteiger partial charge in [0.2, 0.25) is 0 Å². The van der Waals surface area contributed by atoms with Gasteiger partial charge in [0.05, 0.1) is 5.69 Å². The lowest BCUT2D eigenvalue weighted by atomic mass is 10.2. The summed E-state index contributed by atoms with van der Waals surface area (Å²) in [6, 6.07) is 8.13. The van der Waals surface area contributed by atoms with Crippen LogP contribution in [-0.2, 0) is 0 Å². The molecule has 0 atom stereocenters. The van der Waals surface area contributed by atoms with Crippen molar-refractivity contribution in [3.63, 3.8) is 0 Å². The maximum Gasteiger partial charge on any atom is 0.181 e. The van der Waals surface area contributed by atoms with Crippen LogP contribution in [0.1, 0.15) is 25.2 Å². The molecule has 0 saturated carbocycles. The molecule has 1 heterocycles. The summed E-state index contributed by atoms with van der Waals surface area (Å²) in [5, 5.41) is 11.8. The second-order valence-corrected chi connectivity index (χ2v) is 4.32. The maximum absolute atomic E-state index is 4.04. The molecule has 0 amide bonds. The number of rotatable bonds is 5. The van der Waals surface area contributed by atoms with Crippen LogP contribution in [0.3, 0.4) is 0 Å². The lowest BCUT2D eigenvalue weighted by Gasteiger charge is -2.14. The molecule has 19 heavy (non-hydrogen) atoms. The van der Waals surface area contributed by atoms with E-state index in [9.17, 15) is 0 Å². The van der Waals surface area contributed by atoms with Gasteiger partial charge in [-0.1, -0.05) is 17.7 Å². The Morgan fingerprint density at radius 2 is 1.84 bits per heavy atom. The molecule has 1 aromatic carbocycles. The molecule has 0 bridgehead atoms. The fourth-order valence-corrected chi connectivity index (χ4v) is 1.77. The van der Waals surface area contributed by atoms with Gasteiger partial charge in [-0.25, -0.2) is 0 Å². The average Bonchev–Trinajstić information content (AvgIpc) is 2.89. The summed E-state index contributed by atoms with van der Waals surface area (Å²) in [4.78, 5) is 2.19. The summed E-state index contributed by atoms with van der Waals surface area (Å²) in [7, 11) is 0. The Balaban J connectivity index is 2.25. The number of aromatic nitrogens is 4. The molecule has 0 N–H and O–H groups in total. The minimum Gasteiger partial charge on any atom is -0.378 e. The van der Waals surface area contributed by atoms with Crippen molar-refractivity contribution in [3.8, 4) is 5.69 Å². The molecular formula is C14H19N5. The second kappa shape index (κ2) is 6.13. The summed E-state index contributed by atoms with van der Waals surface area (Å²) in [6.07, 6.45) is 3.96. The summed E-state index contributed by atoms with van der Waals surface area (Å²) in [6.45, 7) is 8.25. The number of aryl methyl sites for hydroxylation is 1. The smallest absolute Gasteiger partial charge is 0.181 e. The van der Waals surface area contributed by atoms with Crippen molar-refractivity contribution >= 4 is 6.08 Å². The van der Waals surface area contributed by atoms with E-state index < -0.39 is 0 Å². The van der Waals surface area contributed by atoms with Crippen molar-refractivity contribution in [2.45, 2.75) is 20.8 Å². The third-order valence-electron chi connectivity index (χ3n) is 3.02. The van der Waals surface area contributed by atoms with E-state index >= 15 is 0 Å². The van der Waals surface area contributed by atoms with Gasteiger partial charge < -0.3 is 4.90 Å². The molecule has 0 aliphatic rings. The Hall–Kier alpha value is -2.17. The SMILES string of the molecule is CCN(C=Cc1nnnn1-c1ccc(C)cc1)CC. The number of tetrazole rings is 1. The van der Waals surface area contributed by atoms with Gasteiger partial charge in [0.1, 0.15) is 0 Å². The first-order valence-corrected chi connectivity index (χ1v) is 6.52. The molecule has 2 rings (SSSR count). The van der Waals surface area contributed by atoms with E-state index in [0.29, 0.717) is 0 Å². The first-order valence-electron chi connectivity index (χ1n) is 6.52. The molecule has 0 aliphatic carbocycles. The largest absolute Gasteiger partial charge is 0.378 e. The van der Waals surface area contributed by atoms with Crippen molar-refractivity contribution < 1.29 is 0 Å². The Bertz CT molecular complexity index is 537. The normalized spacial score (nSPS) is 11.1. The van der Waals surface area contributed by atoms with Crippen LogP contribution in [0.5, 0.6) is 0 Å². The molecule has 2 aromatic rings. The minimum atomic E-state index is 0.732. The van der Waals surface area contributed by atoms with Crippen LogP contribution >= 0.6 is 0 Å². The number of hydrogen-bond donors (Lipinski definition) is 0. The lowest BCUT2D eigenvalue weighted by Crippen LogP contribution is -2.15. The first kappa shape index (κ1) is 13.3. The van der Waals surface area contributed by atoms with Crippen LogP contribution < -0.4 is 0 Å². The quantitative estimate of drug-likeness (QED) is 0.824. The highest BCUT2D eigenvalue weighted by atomic mass is 15.5. The number of hydrogen-bond acceptors (Lipinski definition) is 4. The van der Waals surface area contributed by atoms with Crippen LogP contribution in [0.2, 0.25) is 0 Å². The molecule has 0 saturated heterocycles. The zero-order valence-corrected chi connectivity index (χ0v) is 11.6. The zero-order valence-electron chi connectivity index (χ0n) is 11.6. The van der Waals surface area contributed by atoms with Crippen molar-refractivity contribution in [2.75, 3.05) is 13.1 Å². The molecule has 100 valence electrons. The van der Waals surface area contributed by atoms with Crippen molar-refractivity contribution in [1.82, 2.24) is 25.1 Å². The zero-order chi connectivity index (χ0) is 13.7. The van der Waals surface area contributed by atoms with Gasteiger partial charge in [0, 0.05) is 25.4 Å². The van der Waals surface area contributed by atoms with Gasteiger partial charge >= 0.3 is 0 Å². The summed E-state index contributed by atoms with van der Waals surface area (Å²) >= 11 is 0. The van der Waals surface area contributed by atoms with E-state index in [0.717, 1.165) is 24.6 Å². The van der Waals surface area contributed by atoms with Gasteiger partial charge in [-0.05, 0) is 43.3 Å².